The molecule has 0 fully saturated rings. The van der Waals surface area contributed by atoms with Gasteiger partial charge in [0.15, 0.2) is 0 Å². The number of hydrogen-bond donors (Lipinski definition) is 1. The molecule has 7 nitrogen and oxygen atoms in total. The molecule has 0 bridgehead atoms. The Kier molecular flexibility index (Phi) is 4.97. The number of tetrazole rings is 1. The van der Waals surface area contributed by atoms with Crippen LogP contribution in [-0.4, -0.2) is 26.1 Å². The third kappa shape index (κ3) is 3.98. The molecule has 28 heavy (non-hydrogen) atoms. The van der Waals surface area contributed by atoms with Gasteiger partial charge < -0.3 is 9.73 Å². The van der Waals surface area contributed by atoms with E-state index in [1.807, 2.05) is 67.6 Å². The fraction of sp³-hybridized carbons (Fsp3) is 0.143. The van der Waals surface area contributed by atoms with E-state index in [0.717, 1.165) is 34.0 Å². The number of rotatable bonds is 6. The third-order valence-corrected chi connectivity index (χ3v) is 4.43. The summed E-state index contributed by atoms with van der Waals surface area (Å²) in [6.07, 6.45) is 2.37. The number of aromatic nitrogens is 4. The maximum absolute atomic E-state index is 12.4. The van der Waals surface area contributed by atoms with E-state index in [9.17, 15) is 4.79 Å². The number of nitrogens with one attached hydrogen (secondary N) is 1. The van der Waals surface area contributed by atoms with Crippen LogP contribution in [0, 0.1) is 6.92 Å². The second-order valence-electron chi connectivity index (χ2n) is 6.43. The number of furan rings is 1. The van der Waals surface area contributed by atoms with Crippen molar-refractivity contribution in [3.63, 3.8) is 0 Å². The molecule has 0 saturated heterocycles. The van der Waals surface area contributed by atoms with Crippen molar-refractivity contribution in [2.24, 2.45) is 0 Å². The number of anilines is 1. The summed E-state index contributed by atoms with van der Waals surface area (Å²) in [5.74, 6) is 1.52. The van der Waals surface area contributed by atoms with Gasteiger partial charge in [-0.05, 0) is 47.2 Å². The van der Waals surface area contributed by atoms with E-state index in [2.05, 4.69) is 20.8 Å². The van der Waals surface area contributed by atoms with Crippen LogP contribution in [0.4, 0.5) is 5.69 Å². The number of carbonyl (C=O) groups excluding carboxylic acids is 1. The first-order valence-electron chi connectivity index (χ1n) is 8.97. The van der Waals surface area contributed by atoms with Gasteiger partial charge in [0.25, 0.3) is 0 Å². The summed E-state index contributed by atoms with van der Waals surface area (Å²) in [4.78, 5) is 12.4. The summed E-state index contributed by atoms with van der Waals surface area (Å²) in [6.45, 7) is 1.94. The van der Waals surface area contributed by atoms with Crippen molar-refractivity contribution >= 4 is 11.6 Å². The molecule has 2 aromatic carbocycles. The van der Waals surface area contributed by atoms with Crippen LogP contribution in [0.2, 0.25) is 0 Å². The van der Waals surface area contributed by atoms with Crippen molar-refractivity contribution in [1.29, 1.82) is 0 Å². The SMILES string of the molecule is Cc1ccc(-n2cnnn2)cc1NC(=O)CCc1ccc(-c2ccccc2)o1. The molecule has 0 aliphatic heterocycles. The van der Waals surface area contributed by atoms with E-state index < -0.39 is 0 Å². The Hall–Kier alpha value is -3.74. The fourth-order valence-corrected chi connectivity index (χ4v) is 2.89. The molecule has 0 aliphatic carbocycles. The average Bonchev–Trinajstić information content (AvgIpc) is 3.41. The Labute approximate surface area is 162 Å². The van der Waals surface area contributed by atoms with Gasteiger partial charge in [-0.1, -0.05) is 36.4 Å². The topological polar surface area (TPSA) is 85.8 Å². The average molecular weight is 373 g/mol. The summed E-state index contributed by atoms with van der Waals surface area (Å²) in [6, 6.07) is 19.4. The van der Waals surface area contributed by atoms with E-state index in [0.29, 0.717) is 12.8 Å². The zero-order valence-electron chi connectivity index (χ0n) is 15.4. The minimum absolute atomic E-state index is 0.0744. The lowest BCUT2D eigenvalue weighted by Gasteiger charge is -2.10. The smallest absolute Gasteiger partial charge is 0.224 e. The molecule has 0 unspecified atom stereocenters. The third-order valence-electron chi connectivity index (χ3n) is 4.43. The van der Waals surface area contributed by atoms with Gasteiger partial charge in [0.1, 0.15) is 17.8 Å². The minimum Gasteiger partial charge on any atom is -0.461 e. The molecule has 1 amide bonds. The van der Waals surface area contributed by atoms with Crippen LogP contribution >= 0.6 is 0 Å². The summed E-state index contributed by atoms with van der Waals surface area (Å²) >= 11 is 0. The Bertz CT molecular complexity index is 1070. The molecule has 2 aromatic heterocycles. The van der Waals surface area contributed by atoms with Crippen LogP contribution in [-0.2, 0) is 11.2 Å². The normalized spacial score (nSPS) is 10.8. The van der Waals surface area contributed by atoms with E-state index in [-0.39, 0.29) is 5.91 Å². The van der Waals surface area contributed by atoms with E-state index in [1.165, 1.54) is 6.33 Å². The van der Waals surface area contributed by atoms with Gasteiger partial charge in [0.05, 0.1) is 5.69 Å². The van der Waals surface area contributed by atoms with Gasteiger partial charge in [-0.15, -0.1) is 5.10 Å². The summed E-state index contributed by atoms with van der Waals surface area (Å²) in [5, 5.41) is 14.1. The molecule has 4 aromatic rings. The molecule has 0 spiro atoms. The summed E-state index contributed by atoms with van der Waals surface area (Å²) < 4.78 is 7.40. The molecule has 7 heteroatoms. The molecule has 0 aliphatic rings. The largest absolute Gasteiger partial charge is 0.461 e. The summed E-state index contributed by atoms with van der Waals surface area (Å²) in [5.41, 5.74) is 3.51. The second kappa shape index (κ2) is 7.87. The maximum atomic E-state index is 12.4. The number of hydrogen-bond acceptors (Lipinski definition) is 5. The van der Waals surface area contributed by atoms with Gasteiger partial charge in [-0.3, -0.25) is 4.79 Å². The van der Waals surface area contributed by atoms with Crippen LogP contribution in [0.15, 0.2) is 71.4 Å². The van der Waals surface area contributed by atoms with Crippen LogP contribution in [0.5, 0.6) is 0 Å². The first-order chi connectivity index (χ1) is 13.7. The number of amides is 1. The van der Waals surface area contributed by atoms with Gasteiger partial charge >= 0.3 is 0 Å². The van der Waals surface area contributed by atoms with Gasteiger partial charge in [0.2, 0.25) is 5.91 Å². The molecule has 4 rings (SSSR count). The highest BCUT2D eigenvalue weighted by molar-refractivity contribution is 5.91. The highest BCUT2D eigenvalue weighted by Gasteiger charge is 2.10. The molecule has 2 heterocycles. The maximum Gasteiger partial charge on any atom is 0.224 e. The first kappa shape index (κ1) is 17.7. The molecular formula is C21H19N5O2. The van der Waals surface area contributed by atoms with E-state index in [4.69, 9.17) is 4.42 Å². The predicted molar refractivity (Wildman–Crippen MR) is 105 cm³/mol. The Morgan fingerprint density at radius 3 is 2.75 bits per heavy atom. The number of nitrogens with zero attached hydrogens (tertiary/aromatic N) is 4. The molecule has 140 valence electrons. The standard InChI is InChI=1S/C21H19N5O2/c1-15-7-8-17(26-14-22-24-25-26)13-19(15)23-21(27)12-10-18-9-11-20(28-18)16-5-3-2-4-6-16/h2-9,11,13-14H,10,12H2,1H3,(H,23,27). The number of aryl methyl sites for hydroxylation is 2. The number of carbonyl (C=O) groups is 1. The molecule has 1 N–H and O–H groups in total. The molecule has 0 saturated carbocycles. The van der Waals surface area contributed by atoms with Crippen LogP contribution in [0.25, 0.3) is 17.0 Å². The van der Waals surface area contributed by atoms with Crippen molar-refractivity contribution in [3.8, 4) is 17.0 Å². The Morgan fingerprint density at radius 2 is 1.96 bits per heavy atom. The lowest BCUT2D eigenvalue weighted by molar-refractivity contribution is -0.116. The van der Waals surface area contributed by atoms with Crippen molar-refractivity contribution in [2.45, 2.75) is 19.8 Å². The van der Waals surface area contributed by atoms with Crippen molar-refractivity contribution < 1.29 is 9.21 Å². The Balaban J connectivity index is 1.39. The molecule has 0 radical (unpaired) electrons. The zero-order valence-corrected chi connectivity index (χ0v) is 15.4. The molecule has 0 atom stereocenters. The van der Waals surface area contributed by atoms with E-state index in [1.54, 1.807) is 4.68 Å². The quantitative estimate of drug-likeness (QED) is 0.555. The monoisotopic (exact) mass is 373 g/mol. The lowest BCUT2D eigenvalue weighted by atomic mass is 10.1. The zero-order chi connectivity index (χ0) is 19.3. The van der Waals surface area contributed by atoms with Crippen molar-refractivity contribution in [2.75, 3.05) is 5.32 Å². The number of benzene rings is 2. The highest BCUT2D eigenvalue weighted by atomic mass is 16.3. The van der Waals surface area contributed by atoms with Crippen LogP contribution in [0.3, 0.4) is 0 Å². The second-order valence-corrected chi connectivity index (χ2v) is 6.43. The highest BCUT2D eigenvalue weighted by Crippen LogP contribution is 2.23. The summed E-state index contributed by atoms with van der Waals surface area (Å²) in [7, 11) is 0. The van der Waals surface area contributed by atoms with Crippen molar-refractivity contribution in [3.05, 3.63) is 78.3 Å². The Morgan fingerprint density at radius 1 is 1.11 bits per heavy atom. The van der Waals surface area contributed by atoms with E-state index >= 15 is 0 Å². The fourth-order valence-electron chi connectivity index (χ4n) is 2.89. The van der Waals surface area contributed by atoms with Gasteiger partial charge in [-0.2, -0.15) is 0 Å². The molecular weight excluding hydrogens is 354 g/mol. The predicted octanol–water partition coefficient (Wildman–Crippen LogP) is 3.80. The van der Waals surface area contributed by atoms with Gasteiger partial charge in [0, 0.05) is 24.1 Å². The minimum atomic E-state index is -0.0744. The van der Waals surface area contributed by atoms with Gasteiger partial charge in [-0.25, -0.2) is 4.68 Å². The van der Waals surface area contributed by atoms with Crippen molar-refractivity contribution in [1.82, 2.24) is 20.2 Å². The van der Waals surface area contributed by atoms with Crippen LogP contribution in [0.1, 0.15) is 17.7 Å². The lowest BCUT2D eigenvalue weighted by Crippen LogP contribution is -2.13. The first-order valence-corrected chi connectivity index (χ1v) is 8.97. The van der Waals surface area contributed by atoms with Crippen LogP contribution < -0.4 is 5.32 Å².